The van der Waals surface area contributed by atoms with E-state index in [1.807, 2.05) is 86.6 Å². The molecule has 0 unspecified atom stereocenters. The summed E-state index contributed by atoms with van der Waals surface area (Å²) in [5.74, 6) is -2.36. The molecule has 0 atom stereocenters. The molecule has 2 N–H and O–H groups in total. The maximum Gasteiger partial charge on any atom is 0.190 e. The molecule has 5 heteroatoms. The van der Waals surface area contributed by atoms with Gasteiger partial charge in [-0.15, -0.1) is 0 Å². The van der Waals surface area contributed by atoms with E-state index in [1.54, 1.807) is 0 Å². The monoisotopic (exact) mass is 443 g/mol. The van der Waals surface area contributed by atoms with Gasteiger partial charge in [0.1, 0.15) is 0 Å². The quantitative estimate of drug-likeness (QED) is 0.411. The van der Waals surface area contributed by atoms with E-state index in [-0.39, 0.29) is 11.6 Å². The zero-order chi connectivity index (χ0) is 25.1. The van der Waals surface area contributed by atoms with Crippen LogP contribution >= 0.6 is 0 Å². The number of rotatable bonds is 3. The third kappa shape index (κ3) is 10.3. The molecular formula is C27H39F2N3. The number of anilines is 1. The summed E-state index contributed by atoms with van der Waals surface area (Å²) >= 11 is 0. The fraction of sp³-hybridized carbons (Fsp3) is 0.333. The first kappa shape index (κ1) is 31.1. The number of hydrogen-bond donors (Lipinski definition) is 1. The molecule has 3 aromatic rings. The summed E-state index contributed by atoms with van der Waals surface area (Å²) in [6.07, 6.45) is 1.46. The fourth-order valence-corrected chi connectivity index (χ4v) is 2.20. The van der Waals surface area contributed by atoms with Gasteiger partial charge >= 0.3 is 0 Å². The van der Waals surface area contributed by atoms with Crippen LogP contribution in [-0.2, 0) is 0 Å². The summed E-state index contributed by atoms with van der Waals surface area (Å²) in [5.41, 5.74) is 9.49. The third-order valence-corrected chi connectivity index (χ3v) is 3.57. The number of halogens is 2. The van der Waals surface area contributed by atoms with Crippen molar-refractivity contribution in [1.82, 2.24) is 4.98 Å². The van der Waals surface area contributed by atoms with E-state index in [0.717, 1.165) is 16.7 Å². The highest BCUT2D eigenvalue weighted by atomic mass is 19.1. The van der Waals surface area contributed by atoms with Gasteiger partial charge in [0.15, 0.2) is 23.3 Å². The van der Waals surface area contributed by atoms with Crippen LogP contribution in [0.1, 0.15) is 66.5 Å². The molecule has 0 amide bonds. The van der Waals surface area contributed by atoms with Crippen molar-refractivity contribution in [3.05, 3.63) is 77.4 Å². The lowest BCUT2D eigenvalue weighted by atomic mass is 10.0. The van der Waals surface area contributed by atoms with Crippen LogP contribution in [-0.4, -0.2) is 11.2 Å². The van der Waals surface area contributed by atoms with Gasteiger partial charge in [-0.1, -0.05) is 109 Å². The van der Waals surface area contributed by atoms with Crippen molar-refractivity contribution in [2.45, 2.75) is 62.3 Å². The summed E-state index contributed by atoms with van der Waals surface area (Å²) in [6, 6.07) is 16.5. The maximum absolute atomic E-state index is 13.6. The van der Waals surface area contributed by atoms with E-state index in [4.69, 9.17) is 5.73 Å². The van der Waals surface area contributed by atoms with Crippen LogP contribution in [0.25, 0.3) is 11.1 Å². The lowest BCUT2D eigenvalue weighted by molar-refractivity contribution is 0.579. The number of hydrogen-bond acceptors (Lipinski definition) is 3. The van der Waals surface area contributed by atoms with Gasteiger partial charge in [-0.3, -0.25) is 0 Å². The van der Waals surface area contributed by atoms with Crippen molar-refractivity contribution in [2.75, 3.05) is 5.73 Å². The van der Waals surface area contributed by atoms with Crippen molar-refractivity contribution in [3.8, 4) is 11.1 Å². The Bertz CT molecular complexity index is 888. The van der Waals surface area contributed by atoms with Crippen LogP contribution in [0.15, 0.2) is 59.6 Å². The molecule has 0 aliphatic rings. The van der Waals surface area contributed by atoms with Crippen LogP contribution < -0.4 is 5.73 Å². The Kier molecular flexibility index (Phi) is 18.1. The zero-order valence-electron chi connectivity index (χ0n) is 21.0. The molecule has 3 rings (SSSR count). The van der Waals surface area contributed by atoms with Gasteiger partial charge in [-0.05, 0) is 23.6 Å². The molecule has 0 radical (unpaired) electrons. The molecule has 0 aliphatic carbocycles. The Balaban J connectivity index is 0. The molecule has 1 aromatic heterocycles. The average Bonchev–Trinajstić information content (AvgIpc) is 2.86. The van der Waals surface area contributed by atoms with Gasteiger partial charge in [-0.25, -0.2) is 18.8 Å². The molecule has 3 nitrogen and oxygen atoms in total. The molecule has 0 bridgehead atoms. The smallest absolute Gasteiger partial charge is 0.190 e. The highest BCUT2D eigenvalue weighted by molar-refractivity contribution is 5.82. The van der Waals surface area contributed by atoms with Gasteiger partial charge in [0.05, 0.1) is 0 Å². The lowest BCUT2D eigenvalue weighted by Gasteiger charge is -2.03. The molecule has 32 heavy (non-hydrogen) atoms. The third-order valence-electron chi connectivity index (χ3n) is 3.57. The average molecular weight is 444 g/mol. The van der Waals surface area contributed by atoms with Crippen molar-refractivity contribution >= 4 is 17.9 Å². The topological polar surface area (TPSA) is 51.3 Å². The standard InChI is InChI=1S/C19H15F2N3.4C2H6/c1-12-2-6-14(7-3-12)15-8-4-13(5-9-15)11-23-19-17(21)10-16(20)18(22)24-19;4*1-2/h2-11H,1H3,(H2,22,24);4*1-2H3. The number of aryl methyl sites for hydroxylation is 1. The first-order chi connectivity index (χ1) is 15.5. The summed E-state index contributed by atoms with van der Waals surface area (Å²) in [7, 11) is 0. The predicted octanol–water partition coefficient (Wildman–Crippen LogP) is 8.77. The van der Waals surface area contributed by atoms with Crippen LogP contribution in [0.3, 0.4) is 0 Å². The number of aliphatic imine (C=N–C) groups is 1. The molecule has 1 heterocycles. The molecule has 0 saturated carbocycles. The van der Waals surface area contributed by atoms with Crippen molar-refractivity contribution in [1.29, 1.82) is 0 Å². The molecule has 176 valence electrons. The highest BCUT2D eigenvalue weighted by Crippen LogP contribution is 2.21. The number of nitrogens with zero attached hydrogens (tertiary/aromatic N) is 2. The SMILES string of the molecule is CC.CC.CC.CC.Cc1ccc(-c2ccc(C=Nc3nc(N)c(F)cc3F)cc2)cc1. The second-order valence-corrected chi connectivity index (χ2v) is 5.41. The Labute approximate surface area is 193 Å². The van der Waals surface area contributed by atoms with E-state index in [2.05, 4.69) is 34.2 Å². The predicted molar refractivity (Wildman–Crippen MR) is 138 cm³/mol. The largest absolute Gasteiger partial charge is 0.381 e. The molecule has 2 aromatic carbocycles. The van der Waals surface area contributed by atoms with E-state index in [1.165, 1.54) is 11.8 Å². The van der Waals surface area contributed by atoms with E-state index < -0.39 is 11.6 Å². The summed E-state index contributed by atoms with van der Waals surface area (Å²) in [4.78, 5) is 7.52. The van der Waals surface area contributed by atoms with Crippen LogP contribution in [0.2, 0.25) is 0 Å². The second-order valence-electron chi connectivity index (χ2n) is 5.41. The van der Waals surface area contributed by atoms with Crippen LogP contribution in [0, 0.1) is 18.6 Å². The minimum Gasteiger partial charge on any atom is -0.381 e. The molecule has 0 spiro atoms. The van der Waals surface area contributed by atoms with Gasteiger partial charge < -0.3 is 5.73 Å². The number of aromatic nitrogens is 1. The Morgan fingerprint density at radius 2 is 1.16 bits per heavy atom. The van der Waals surface area contributed by atoms with Gasteiger partial charge in [0, 0.05) is 12.3 Å². The number of nitrogens with two attached hydrogens (primary N) is 1. The van der Waals surface area contributed by atoms with Crippen molar-refractivity contribution < 1.29 is 8.78 Å². The van der Waals surface area contributed by atoms with Gasteiger partial charge in [0.25, 0.3) is 0 Å². The first-order valence-electron chi connectivity index (χ1n) is 11.4. The Hall–Kier alpha value is -3.08. The van der Waals surface area contributed by atoms with Gasteiger partial charge in [-0.2, -0.15) is 0 Å². The van der Waals surface area contributed by atoms with Crippen LogP contribution in [0.4, 0.5) is 20.4 Å². The zero-order valence-corrected chi connectivity index (χ0v) is 21.0. The van der Waals surface area contributed by atoms with Crippen molar-refractivity contribution in [3.63, 3.8) is 0 Å². The maximum atomic E-state index is 13.6. The lowest BCUT2D eigenvalue weighted by Crippen LogP contribution is -1.96. The molecule has 0 aliphatic heterocycles. The second kappa shape index (κ2) is 18.7. The minimum atomic E-state index is -0.895. The van der Waals surface area contributed by atoms with Crippen LogP contribution in [0.5, 0.6) is 0 Å². The number of pyridine rings is 1. The molecule has 0 saturated heterocycles. The fourth-order valence-electron chi connectivity index (χ4n) is 2.20. The normalized spacial score (nSPS) is 9.09. The van der Waals surface area contributed by atoms with E-state index in [9.17, 15) is 8.78 Å². The number of nitrogen functional groups attached to an aromatic ring is 1. The number of benzene rings is 2. The summed E-state index contributed by atoms with van der Waals surface area (Å²) in [6.45, 7) is 18.0. The van der Waals surface area contributed by atoms with Crippen molar-refractivity contribution in [2.24, 2.45) is 4.99 Å². The summed E-state index contributed by atoms with van der Waals surface area (Å²) < 4.78 is 26.7. The minimum absolute atomic E-state index is 0.239. The Morgan fingerprint density at radius 3 is 1.62 bits per heavy atom. The molecular weight excluding hydrogens is 404 g/mol. The highest BCUT2D eigenvalue weighted by Gasteiger charge is 2.08. The van der Waals surface area contributed by atoms with E-state index >= 15 is 0 Å². The Morgan fingerprint density at radius 1 is 0.719 bits per heavy atom. The summed E-state index contributed by atoms with van der Waals surface area (Å²) in [5, 5.41) is 0. The first-order valence-corrected chi connectivity index (χ1v) is 11.4. The molecule has 0 fully saturated rings. The van der Waals surface area contributed by atoms with Gasteiger partial charge in [0.2, 0.25) is 0 Å². The van der Waals surface area contributed by atoms with E-state index in [0.29, 0.717) is 6.07 Å².